The molecule has 2 aromatic rings. The summed E-state index contributed by atoms with van der Waals surface area (Å²) >= 11 is 0. The highest BCUT2D eigenvalue weighted by Crippen LogP contribution is 2.32. The molecule has 0 radical (unpaired) electrons. The van der Waals surface area contributed by atoms with E-state index in [-0.39, 0.29) is 30.3 Å². The minimum atomic E-state index is -4.67. The third kappa shape index (κ3) is 5.66. The molecule has 0 unspecified atom stereocenters. The third-order valence-corrected chi connectivity index (χ3v) is 3.65. The van der Waals surface area contributed by atoms with Crippen LogP contribution in [0.4, 0.5) is 23.2 Å². The Morgan fingerprint density at radius 3 is 2.30 bits per heavy atom. The maximum Gasteiger partial charge on any atom is 0.416 e. The van der Waals surface area contributed by atoms with Gasteiger partial charge in [-0.15, -0.1) is 0 Å². The molecular formula is C17H16F4N4O2. The molecule has 0 spiro atoms. The van der Waals surface area contributed by atoms with Crippen LogP contribution in [0.15, 0.2) is 47.5 Å². The average Bonchev–Trinajstić information content (AvgIpc) is 2.62. The molecule has 10 heteroatoms. The van der Waals surface area contributed by atoms with Gasteiger partial charge in [0.15, 0.2) is 5.96 Å². The Kier molecular flexibility index (Phi) is 6.32. The van der Waals surface area contributed by atoms with Gasteiger partial charge in [-0.1, -0.05) is 18.2 Å². The zero-order chi connectivity index (χ0) is 20.0. The molecule has 6 nitrogen and oxygen atoms in total. The summed E-state index contributed by atoms with van der Waals surface area (Å²) in [4.78, 5) is 14.0. The number of nitro benzene ring substituents is 1. The predicted molar refractivity (Wildman–Crippen MR) is 91.5 cm³/mol. The van der Waals surface area contributed by atoms with Crippen LogP contribution in [0.2, 0.25) is 0 Å². The number of non-ortho nitro benzene ring substituents is 1. The summed E-state index contributed by atoms with van der Waals surface area (Å²) in [5.41, 5.74) is -0.499. The lowest BCUT2D eigenvalue weighted by Crippen LogP contribution is -2.36. The first kappa shape index (κ1) is 20.1. The highest BCUT2D eigenvalue weighted by atomic mass is 19.4. The number of nitrogens with one attached hydrogen (secondary N) is 2. The topological polar surface area (TPSA) is 79.6 Å². The summed E-state index contributed by atoms with van der Waals surface area (Å²) in [7, 11) is 1.44. The van der Waals surface area contributed by atoms with E-state index in [1.54, 1.807) is 12.1 Å². The van der Waals surface area contributed by atoms with Crippen molar-refractivity contribution in [2.75, 3.05) is 7.05 Å². The third-order valence-electron chi connectivity index (χ3n) is 3.65. The first-order valence-electron chi connectivity index (χ1n) is 7.74. The van der Waals surface area contributed by atoms with Gasteiger partial charge in [-0.25, -0.2) is 4.39 Å². The SMILES string of the molecule is CN=C(NCc1ccc([N+](=O)[O-])cc1)NCc1ccc(F)cc1C(F)(F)F. The van der Waals surface area contributed by atoms with Crippen molar-refractivity contribution in [1.29, 1.82) is 0 Å². The molecule has 0 saturated carbocycles. The van der Waals surface area contributed by atoms with Crippen LogP contribution in [0, 0.1) is 15.9 Å². The Morgan fingerprint density at radius 1 is 1.11 bits per heavy atom. The van der Waals surface area contributed by atoms with E-state index in [9.17, 15) is 27.7 Å². The zero-order valence-electron chi connectivity index (χ0n) is 14.2. The van der Waals surface area contributed by atoms with Crippen LogP contribution >= 0.6 is 0 Å². The summed E-state index contributed by atoms with van der Waals surface area (Å²) < 4.78 is 52.1. The number of rotatable bonds is 5. The Hall–Kier alpha value is -3.17. The summed E-state index contributed by atoms with van der Waals surface area (Å²) in [6.45, 7) is 0.0439. The molecule has 27 heavy (non-hydrogen) atoms. The zero-order valence-corrected chi connectivity index (χ0v) is 14.2. The number of guanidine groups is 1. The van der Waals surface area contributed by atoms with E-state index in [4.69, 9.17) is 0 Å². The van der Waals surface area contributed by atoms with Crippen LogP contribution in [0.1, 0.15) is 16.7 Å². The van der Waals surface area contributed by atoms with E-state index < -0.39 is 22.5 Å². The van der Waals surface area contributed by atoms with Gasteiger partial charge in [-0.3, -0.25) is 15.1 Å². The van der Waals surface area contributed by atoms with Gasteiger partial charge in [-0.05, 0) is 23.3 Å². The summed E-state index contributed by atoms with van der Waals surface area (Å²) in [6.07, 6.45) is -4.67. The maximum absolute atomic E-state index is 13.1. The van der Waals surface area contributed by atoms with Crippen LogP contribution in [0.25, 0.3) is 0 Å². The Labute approximate surface area is 152 Å². The maximum atomic E-state index is 13.1. The van der Waals surface area contributed by atoms with Crippen molar-refractivity contribution in [2.45, 2.75) is 19.3 Å². The smallest absolute Gasteiger partial charge is 0.352 e. The number of alkyl halides is 3. The number of nitro groups is 1. The lowest BCUT2D eigenvalue weighted by atomic mass is 10.1. The highest BCUT2D eigenvalue weighted by Gasteiger charge is 2.33. The fourth-order valence-electron chi connectivity index (χ4n) is 2.29. The molecule has 2 aromatic carbocycles. The molecule has 0 aliphatic heterocycles. The summed E-state index contributed by atoms with van der Waals surface area (Å²) in [6, 6.07) is 8.28. The Bertz CT molecular complexity index is 836. The van der Waals surface area contributed by atoms with Crippen LogP contribution in [0.3, 0.4) is 0 Å². The molecule has 0 heterocycles. The van der Waals surface area contributed by atoms with Gasteiger partial charge < -0.3 is 10.6 Å². The van der Waals surface area contributed by atoms with Crippen molar-refractivity contribution in [1.82, 2.24) is 10.6 Å². The number of nitrogens with zero attached hydrogens (tertiary/aromatic N) is 2. The van der Waals surface area contributed by atoms with E-state index in [2.05, 4.69) is 15.6 Å². The molecule has 0 saturated heterocycles. The quantitative estimate of drug-likeness (QED) is 0.271. The number of hydrogen-bond donors (Lipinski definition) is 2. The van der Waals surface area contributed by atoms with Gasteiger partial charge in [0.2, 0.25) is 0 Å². The van der Waals surface area contributed by atoms with E-state index in [0.29, 0.717) is 6.07 Å². The first-order chi connectivity index (χ1) is 12.7. The fourth-order valence-corrected chi connectivity index (χ4v) is 2.29. The van der Waals surface area contributed by atoms with Gasteiger partial charge in [-0.2, -0.15) is 13.2 Å². The second-order valence-corrected chi connectivity index (χ2v) is 5.50. The molecule has 2 N–H and O–H groups in total. The lowest BCUT2D eigenvalue weighted by molar-refractivity contribution is -0.384. The van der Waals surface area contributed by atoms with Crippen molar-refractivity contribution >= 4 is 11.6 Å². The Morgan fingerprint density at radius 2 is 1.74 bits per heavy atom. The molecule has 0 bridgehead atoms. The predicted octanol–water partition coefficient (Wildman–Crippen LogP) is 3.62. The minimum Gasteiger partial charge on any atom is -0.352 e. The fraction of sp³-hybridized carbons (Fsp3) is 0.235. The van der Waals surface area contributed by atoms with Crippen LogP contribution in [-0.4, -0.2) is 17.9 Å². The van der Waals surface area contributed by atoms with E-state index >= 15 is 0 Å². The average molecular weight is 384 g/mol. The molecule has 0 aliphatic carbocycles. The molecule has 0 aliphatic rings. The molecular weight excluding hydrogens is 368 g/mol. The molecule has 0 atom stereocenters. The van der Waals surface area contributed by atoms with Gasteiger partial charge in [0.25, 0.3) is 5.69 Å². The van der Waals surface area contributed by atoms with E-state index in [1.165, 1.54) is 19.2 Å². The van der Waals surface area contributed by atoms with E-state index in [0.717, 1.165) is 17.7 Å². The van der Waals surface area contributed by atoms with Crippen LogP contribution < -0.4 is 10.6 Å². The number of hydrogen-bond acceptors (Lipinski definition) is 3. The minimum absolute atomic E-state index is 0.0442. The van der Waals surface area contributed by atoms with Crippen LogP contribution in [-0.2, 0) is 19.3 Å². The van der Waals surface area contributed by atoms with Crippen molar-refractivity contribution < 1.29 is 22.5 Å². The van der Waals surface area contributed by atoms with Gasteiger partial charge in [0.05, 0.1) is 10.5 Å². The molecule has 0 fully saturated rings. The highest BCUT2D eigenvalue weighted by molar-refractivity contribution is 5.79. The van der Waals surface area contributed by atoms with E-state index in [1.807, 2.05) is 0 Å². The molecule has 2 rings (SSSR count). The van der Waals surface area contributed by atoms with Crippen molar-refractivity contribution in [3.05, 3.63) is 75.1 Å². The first-order valence-corrected chi connectivity index (χ1v) is 7.74. The van der Waals surface area contributed by atoms with Gasteiger partial charge in [0.1, 0.15) is 5.82 Å². The lowest BCUT2D eigenvalue weighted by Gasteiger charge is -2.16. The van der Waals surface area contributed by atoms with Gasteiger partial charge >= 0.3 is 6.18 Å². The molecule has 0 amide bonds. The Balaban J connectivity index is 1.99. The summed E-state index contributed by atoms with van der Waals surface area (Å²) in [5.74, 6) is -0.738. The molecule has 0 aromatic heterocycles. The van der Waals surface area contributed by atoms with Crippen molar-refractivity contribution in [3.63, 3.8) is 0 Å². The number of benzene rings is 2. The van der Waals surface area contributed by atoms with Crippen LogP contribution in [0.5, 0.6) is 0 Å². The number of halogens is 4. The second kappa shape index (κ2) is 8.47. The van der Waals surface area contributed by atoms with Crippen molar-refractivity contribution in [2.24, 2.45) is 4.99 Å². The second-order valence-electron chi connectivity index (χ2n) is 5.50. The monoisotopic (exact) mass is 384 g/mol. The number of aliphatic imine (C=N–C) groups is 1. The van der Waals surface area contributed by atoms with Gasteiger partial charge in [0, 0.05) is 32.3 Å². The molecule has 144 valence electrons. The normalized spacial score (nSPS) is 12.0. The standard InChI is InChI=1S/C17H16F4N4O2/c1-22-16(23-9-11-2-6-14(7-3-11)25(26)27)24-10-12-4-5-13(18)8-15(12)17(19,20)21/h2-8H,9-10H2,1H3,(H2,22,23,24). The van der Waals surface area contributed by atoms with Crippen molar-refractivity contribution in [3.8, 4) is 0 Å². The largest absolute Gasteiger partial charge is 0.416 e. The summed E-state index contributed by atoms with van der Waals surface area (Å²) in [5, 5.41) is 16.2.